The summed E-state index contributed by atoms with van der Waals surface area (Å²) in [4.78, 5) is 24.5. The maximum Gasteiger partial charge on any atom is 4.00 e. The zero-order valence-corrected chi connectivity index (χ0v) is 7.74. The summed E-state index contributed by atoms with van der Waals surface area (Å²) in [6.07, 6.45) is 0. The first-order valence-corrected chi connectivity index (χ1v) is 2.85. The van der Waals surface area contributed by atoms with Crippen LogP contribution in [0.25, 0.3) is 12.3 Å². The smallest absolute Gasteiger partial charge is 0.693 e. The van der Waals surface area contributed by atoms with Crippen LogP contribution in [0, 0.1) is 0 Å². The van der Waals surface area contributed by atoms with E-state index in [-0.39, 0.29) is 33.4 Å². The largest absolute Gasteiger partial charge is 4.00 e. The Labute approximate surface area is 71.4 Å². The Morgan fingerprint density at radius 1 is 1.20 bits per heavy atom. The Balaban J connectivity index is -0.0000000600. The number of carboxylic acid groups (broad SMARTS) is 1. The fourth-order valence-corrected chi connectivity index (χ4v) is 0. The van der Waals surface area contributed by atoms with E-state index in [0.29, 0.717) is 0 Å². The fraction of sp³-hybridized carbons (Fsp3) is 0. The van der Waals surface area contributed by atoms with Crippen molar-refractivity contribution in [2.75, 3.05) is 0 Å². The van der Waals surface area contributed by atoms with Crippen LogP contribution in [0.5, 0.6) is 0 Å². The SMILES string of the molecule is O=C(O)P(=O)(O)O.[NH2-].[NH2-].[Pt+4]. The molecule has 9 heteroatoms. The van der Waals surface area contributed by atoms with Crippen LogP contribution in [0.4, 0.5) is 4.79 Å². The fourth-order valence-electron chi connectivity index (χ4n) is 0. The summed E-state index contributed by atoms with van der Waals surface area (Å²) in [6.45, 7) is 0. The monoisotopic (exact) mass is 353 g/mol. The molecule has 0 aliphatic rings. The summed E-state index contributed by atoms with van der Waals surface area (Å²) >= 11 is 0. The van der Waals surface area contributed by atoms with E-state index >= 15 is 0 Å². The standard InChI is InChI=1S/CH3O5P.2H2N.Pt/c2-1(3)7(4,5)6;;;/h(H,2,3)(H2,4,5,6);2*1H2;/q;2*-1;+4. The zero-order valence-electron chi connectivity index (χ0n) is 4.58. The average Bonchev–Trinajstić information content (AvgIpc) is 1.31. The van der Waals surface area contributed by atoms with Crippen molar-refractivity contribution in [1.82, 2.24) is 0 Å². The molecule has 0 saturated heterocycles. The number of nitrogens with two attached hydrogens (primary N) is 2. The van der Waals surface area contributed by atoms with Gasteiger partial charge in [0.25, 0.3) is 0 Å². The molecule has 0 rings (SSSR count). The van der Waals surface area contributed by atoms with Crippen LogP contribution >= 0.6 is 7.60 Å². The van der Waals surface area contributed by atoms with Gasteiger partial charge in [0.2, 0.25) is 0 Å². The van der Waals surface area contributed by atoms with Crippen molar-refractivity contribution < 1.29 is 45.3 Å². The number of hydrogen-bond acceptors (Lipinski definition) is 2. The molecule has 10 heavy (non-hydrogen) atoms. The van der Waals surface area contributed by atoms with Crippen molar-refractivity contribution >= 4 is 13.3 Å². The van der Waals surface area contributed by atoms with Gasteiger partial charge in [-0.25, -0.2) is 9.36 Å². The summed E-state index contributed by atoms with van der Waals surface area (Å²) in [7, 11) is -4.82. The second-order valence-corrected chi connectivity index (χ2v) is 2.30. The molecule has 0 radical (unpaired) electrons. The molecule has 0 atom stereocenters. The van der Waals surface area contributed by atoms with E-state index in [1.165, 1.54) is 0 Å². The third kappa shape index (κ3) is 11.1. The van der Waals surface area contributed by atoms with Gasteiger partial charge >= 0.3 is 34.4 Å². The molecule has 64 valence electrons. The second-order valence-electron chi connectivity index (χ2n) is 0.827. The minimum atomic E-state index is -4.82. The molecule has 0 unspecified atom stereocenters. The summed E-state index contributed by atoms with van der Waals surface area (Å²) < 4.78 is 9.43. The molecule has 0 saturated carbocycles. The molecule has 0 bridgehead atoms. The number of hydrogen-bond donors (Lipinski definition) is 3. The molecule has 0 heterocycles. The van der Waals surface area contributed by atoms with E-state index in [4.69, 9.17) is 14.9 Å². The zero-order chi connectivity index (χ0) is 6.08. The van der Waals surface area contributed by atoms with Gasteiger partial charge < -0.3 is 27.2 Å². The van der Waals surface area contributed by atoms with Crippen LogP contribution in [0.1, 0.15) is 0 Å². The Bertz CT molecular complexity index is 132. The minimum absolute atomic E-state index is 0. The van der Waals surface area contributed by atoms with Crippen molar-refractivity contribution in [3.63, 3.8) is 0 Å². The first kappa shape index (κ1) is 22.5. The van der Waals surface area contributed by atoms with Gasteiger partial charge in [-0.3, -0.25) is 0 Å². The van der Waals surface area contributed by atoms with Crippen LogP contribution in [0.3, 0.4) is 0 Å². The molecule has 0 fully saturated rings. The molecule has 0 aromatic heterocycles. The van der Waals surface area contributed by atoms with Crippen LogP contribution in [0.2, 0.25) is 0 Å². The molecule has 0 aliphatic heterocycles. The number of rotatable bonds is 1. The van der Waals surface area contributed by atoms with Gasteiger partial charge in [0.15, 0.2) is 0 Å². The van der Waals surface area contributed by atoms with Gasteiger partial charge in [0.1, 0.15) is 0 Å². The summed E-state index contributed by atoms with van der Waals surface area (Å²) in [5, 5.41) is 7.49. The maximum absolute atomic E-state index is 9.43. The third-order valence-corrected chi connectivity index (χ3v) is 0.748. The van der Waals surface area contributed by atoms with Gasteiger partial charge in [0, 0.05) is 0 Å². The first-order chi connectivity index (χ1) is 2.94. The van der Waals surface area contributed by atoms with E-state index < -0.39 is 13.3 Å². The molecular formula is CH7N2O5PPt+2. The van der Waals surface area contributed by atoms with E-state index in [2.05, 4.69) is 0 Å². The van der Waals surface area contributed by atoms with Crippen molar-refractivity contribution in [1.29, 1.82) is 0 Å². The molecule has 0 aromatic carbocycles. The van der Waals surface area contributed by atoms with Gasteiger partial charge in [-0.2, -0.15) is 0 Å². The molecule has 7 N–H and O–H groups in total. The summed E-state index contributed by atoms with van der Waals surface area (Å²) in [6, 6.07) is 0. The van der Waals surface area contributed by atoms with Gasteiger partial charge in [0.05, 0.1) is 0 Å². The number of carbonyl (C=O) groups is 1. The molecule has 7 nitrogen and oxygen atoms in total. The Hall–Kier alpha value is 0.228. The molecule has 0 aliphatic carbocycles. The maximum atomic E-state index is 9.43. The molecule has 0 spiro atoms. The first-order valence-electron chi connectivity index (χ1n) is 1.23. The van der Waals surface area contributed by atoms with E-state index in [0.717, 1.165) is 0 Å². The topological polar surface area (TPSA) is 162 Å². The quantitative estimate of drug-likeness (QED) is 0.604. The van der Waals surface area contributed by atoms with E-state index in [1.807, 2.05) is 0 Å². The van der Waals surface area contributed by atoms with Crippen molar-refractivity contribution in [3.8, 4) is 0 Å². The molecule has 0 amide bonds. The van der Waals surface area contributed by atoms with E-state index in [9.17, 15) is 9.36 Å². The Morgan fingerprint density at radius 3 is 1.30 bits per heavy atom. The van der Waals surface area contributed by atoms with Gasteiger partial charge in [-0.05, 0) is 0 Å². The summed E-state index contributed by atoms with van der Waals surface area (Å²) in [5.41, 5.74) is -2.09. The van der Waals surface area contributed by atoms with Crippen molar-refractivity contribution in [2.24, 2.45) is 0 Å². The van der Waals surface area contributed by atoms with Crippen LogP contribution < -0.4 is 0 Å². The van der Waals surface area contributed by atoms with Gasteiger partial charge in [-0.1, -0.05) is 0 Å². The van der Waals surface area contributed by atoms with Crippen LogP contribution in [-0.4, -0.2) is 20.6 Å². The Morgan fingerprint density at radius 2 is 1.30 bits per heavy atom. The molecule has 0 aromatic rings. The normalized spacial score (nSPS) is 7.80. The predicted octanol–water partition coefficient (Wildman–Crippen LogP) is 1.27. The molecular weight excluding hydrogens is 346 g/mol. The third-order valence-electron chi connectivity index (χ3n) is 0.249. The second kappa shape index (κ2) is 7.34. The van der Waals surface area contributed by atoms with E-state index in [1.54, 1.807) is 0 Å². The average molecular weight is 353 g/mol. The van der Waals surface area contributed by atoms with Crippen molar-refractivity contribution in [3.05, 3.63) is 12.3 Å². The van der Waals surface area contributed by atoms with Crippen molar-refractivity contribution in [2.45, 2.75) is 0 Å². The summed E-state index contributed by atoms with van der Waals surface area (Å²) in [5.74, 6) is 0. The predicted molar refractivity (Wildman–Crippen MR) is 30.6 cm³/mol. The minimum Gasteiger partial charge on any atom is -0.693 e. The van der Waals surface area contributed by atoms with Crippen LogP contribution in [-0.2, 0) is 25.6 Å². The van der Waals surface area contributed by atoms with Crippen LogP contribution in [0.15, 0.2) is 0 Å². The van der Waals surface area contributed by atoms with Gasteiger partial charge in [-0.15, -0.1) is 0 Å². The Kier molecular flexibility index (Phi) is 16.5.